The van der Waals surface area contributed by atoms with E-state index in [0.29, 0.717) is 13.0 Å². The van der Waals surface area contributed by atoms with E-state index in [-0.39, 0.29) is 21.8 Å². The van der Waals surface area contributed by atoms with Crippen molar-refractivity contribution >= 4 is 30.6 Å². The fourth-order valence-electron chi connectivity index (χ4n) is 7.39. The van der Waals surface area contributed by atoms with Crippen LogP contribution in [0.3, 0.4) is 0 Å². The maximum absolute atomic E-state index is 12.5. The van der Waals surface area contributed by atoms with Gasteiger partial charge in [0.1, 0.15) is 6.29 Å². The predicted molar refractivity (Wildman–Crippen MR) is 198 cm³/mol. The van der Waals surface area contributed by atoms with Crippen molar-refractivity contribution < 1.29 is 9.22 Å². The molecule has 240 valence electrons. The molecule has 0 heterocycles. The molecule has 0 spiro atoms. The fourth-order valence-corrected chi connectivity index (χ4v) is 11.9. The highest BCUT2D eigenvalue weighted by Crippen LogP contribution is 2.46. The number of aldehydes is 1. The smallest absolute Gasteiger partial charge is 0.261 e. The van der Waals surface area contributed by atoms with Crippen LogP contribution in [0.25, 0.3) is 5.57 Å². The van der Waals surface area contributed by atoms with Gasteiger partial charge in [-0.15, -0.1) is 0 Å². The van der Waals surface area contributed by atoms with Gasteiger partial charge in [0.05, 0.1) is 6.61 Å². The van der Waals surface area contributed by atoms with Crippen LogP contribution in [0.2, 0.25) is 5.04 Å². The molecule has 4 aromatic carbocycles. The number of hydrogen-bond donors (Lipinski definition) is 0. The van der Waals surface area contributed by atoms with Gasteiger partial charge in [0, 0.05) is 5.92 Å². The second kappa shape index (κ2) is 13.3. The first-order valence-corrected chi connectivity index (χ1v) is 18.8. The highest BCUT2D eigenvalue weighted by Gasteiger charge is 2.50. The Hall–Kier alpha value is -3.53. The largest absolute Gasteiger partial charge is 0.403 e. The number of fused-ring (bicyclic) bond motifs is 1. The minimum absolute atomic E-state index is 0.0946. The molecular formula is C43H52O2Si. The van der Waals surface area contributed by atoms with Gasteiger partial charge in [-0.2, -0.15) is 0 Å². The van der Waals surface area contributed by atoms with Crippen LogP contribution in [0.4, 0.5) is 0 Å². The topological polar surface area (TPSA) is 26.3 Å². The van der Waals surface area contributed by atoms with Crippen LogP contribution in [0.5, 0.6) is 0 Å². The molecule has 0 bridgehead atoms. The SMILES string of the molecule is CC(=CCC(C=O)c1cccc(CO[Si](c2ccccc2)(c2ccccc2)C(C)(C)C)c1)c1ccc2c(c1)C(C)(C)CCC2(C)C. The molecule has 2 nitrogen and oxygen atoms in total. The van der Waals surface area contributed by atoms with Crippen molar-refractivity contribution in [3.63, 3.8) is 0 Å². The maximum atomic E-state index is 12.5. The highest BCUT2D eigenvalue weighted by atomic mass is 28.4. The molecule has 0 saturated carbocycles. The summed E-state index contributed by atoms with van der Waals surface area (Å²) in [6.07, 6.45) is 6.42. The Balaban J connectivity index is 1.39. The van der Waals surface area contributed by atoms with E-state index >= 15 is 0 Å². The van der Waals surface area contributed by atoms with E-state index in [1.54, 1.807) is 0 Å². The van der Waals surface area contributed by atoms with Crippen LogP contribution in [-0.2, 0) is 26.7 Å². The molecule has 1 aliphatic carbocycles. The van der Waals surface area contributed by atoms with Crippen LogP contribution in [0, 0.1) is 0 Å². The van der Waals surface area contributed by atoms with Crippen molar-refractivity contribution in [2.75, 3.05) is 0 Å². The van der Waals surface area contributed by atoms with Gasteiger partial charge in [-0.1, -0.05) is 158 Å². The summed E-state index contributed by atoms with van der Waals surface area (Å²) in [5.74, 6) is -0.212. The molecule has 0 saturated heterocycles. The molecule has 0 aromatic heterocycles. The lowest BCUT2D eigenvalue weighted by molar-refractivity contribution is -0.109. The van der Waals surface area contributed by atoms with E-state index in [0.717, 1.165) is 17.4 Å². The summed E-state index contributed by atoms with van der Waals surface area (Å²) in [4.78, 5) is 12.5. The van der Waals surface area contributed by atoms with Gasteiger partial charge in [0.25, 0.3) is 8.32 Å². The molecule has 46 heavy (non-hydrogen) atoms. The number of benzene rings is 4. The molecule has 0 N–H and O–H groups in total. The summed E-state index contributed by atoms with van der Waals surface area (Å²) in [7, 11) is -2.66. The van der Waals surface area contributed by atoms with E-state index in [1.165, 1.54) is 45.5 Å². The maximum Gasteiger partial charge on any atom is 0.261 e. The minimum atomic E-state index is -2.66. The molecule has 0 amide bonds. The molecular weight excluding hydrogens is 577 g/mol. The zero-order chi connectivity index (χ0) is 33.2. The average Bonchev–Trinajstić information content (AvgIpc) is 3.04. The Bertz CT molecular complexity index is 1640. The zero-order valence-electron chi connectivity index (χ0n) is 29.2. The molecule has 0 aliphatic heterocycles. The first kappa shape index (κ1) is 33.8. The highest BCUT2D eigenvalue weighted by molar-refractivity contribution is 6.99. The Morgan fingerprint density at radius 2 is 1.37 bits per heavy atom. The number of allylic oxidation sites excluding steroid dienone is 2. The fraction of sp³-hybridized carbons (Fsp3) is 0.372. The van der Waals surface area contributed by atoms with Crippen LogP contribution >= 0.6 is 0 Å². The van der Waals surface area contributed by atoms with Crippen molar-refractivity contribution in [3.05, 3.63) is 137 Å². The van der Waals surface area contributed by atoms with Gasteiger partial charge in [-0.05, 0) is 85.8 Å². The lowest BCUT2D eigenvalue weighted by Gasteiger charge is -2.43. The van der Waals surface area contributed by atoms with E-state index in [4.69, 9.17) is 4.43 Å². The average molecular weight is 629 g/mol. The molecule has 0 fully saturated rings. The van der Waals surface area contributed by atoms with E-state index in [9.17, 15) is 4.79 Å². The Morgan fingerprint density at radius 1 is 0.783 bits per heavy atom. The molecule has 4 aromatic rings. The summed E-state index contributed by atoms with van der Waals surface area (Å²) in [6, 6.07) is 37.0. The Morgan fingerprint density at radius 3 is 1.93 bits per heavy atom. The Labute approximate surface area is 279 Å². The molecule has 1 atom stereocenters. The molecule has 1 unspecified atom stereocenters. The molecule has 5 rings (SSSR count). The lowest BCUT2D eigenvalue weighted by Crippen LogP contribution is -2.66. The number of rotatable bonds is 10. The third-order valence-electron chi connectivity index (χ3n) is 10.4. The standard InChI is InChI=1S/C43H52O2Si/c1-32(34-24-25-39-40(29-34)43(7,8)27-26-42(39,5)6)22-23-36(30-44)35-17-15-16-33(28-35)31-45-46(41(2,3)4,37-18-11-9-12-19-37)38-20-13-10-14-21-38/h9-22,24-25,28-30,36H,23,26-27,31H2,1-8H3. The number of hydrogen-bond acceptors (Lipinski definition) is 2. The summed E-state index contributed by atoms with van der Waals surface area (Å²) in [5, 5.41) is 2.44. The molecule has 1 aliphatic rings. The van der Waals surface area contributed by atoms with E-state index in [1.807, 2.05) is 0 Å². The first-order valence-electron chi connectivity index (χ1n) is 16.9. The van der Waals surface area contributed by atoms with Crippen molar-refractivity contribution in [1.82, 2.24) is 0 Å². The third kappa shape index (κ3) is 6.77. The van der Waals surface area contributed by atoms with Crippen molar-refractivity contribution in [2.45, 2.75) is 103 Å². The van der Waals surface area contributed by atoms with Gasteiger partial charge in [0.2, 0.25) is 0 Å². The van der Waals surface area contributed by atoms with E-state index < -0.39 is 8.32 Å². The van der Waals surface area contributed by atoms with Gasteiger partial charge < -0.3 is 9.22 Å². The predicted octanol–water partition coefficient (Wildman–Crippen LogP) is 9.89. The van der Waals surface area contributed by atoms with Crippen LogP contribution in [0.1, 0.15) is 108 Å². The van der Waals surface area contributed by atoms with E-state index in [2.05, 4.69) is 165 Å². The second-order valence-corrected chi connectivity index (χ2v) is 19.9. The van der Waals surface area contributed by atoms with Gasteiger partial charge in [-0.25, -0.2) is 0 Å². The monoisotopic (exact) mass is 628 g/mol. The molecule has 3 heteroatoms. The second-order valence-electron chi connectivity index (χ2n) is 15.6. The van der Waals surface area contributed by atoms with Crippen molar-refractivity contribution in [2.24, 2.45) is 0 Å². The zero-order valence-corrected chi connectivity index (χ0v) is 30.2. The van der Waals surface area contributed by atoms with Crippen LogP contribution in [0.15, 0.2) is 109 Å². The summed E-state index contributed by atoms with van der Waals surface area (Å²) in [5.41, 5.74) is 7.92. The normalized spacial score (nSPS) is 16.8. The minimum Gasteiger partial charge on any atom is -0.403 e. The van der Waals surface area contributed by atoms with Gasteiger partial charge >= 0.3 is 0 Å². The van der Waals surface area contributed by atoms with Gasteiger partial charge in [0.15, 0.2) is 0 Å². The number of carbonyl (C=O) groups is 1. The third-order valence-corrected chi connectivity index (χ3v) is 15.4. The first-order chi connectivity index (χ1) is 21.8. The van der Waals surface area contributed by atoms with Crippen LogP contribution in [-0.4, -0.2) is 14.6 Å². The van der Waals surface area contributed by atoms with Crippen LogP contribution < -0.4 is 10.4 Å². The lowest BCUT2D eigenvalue weighted by atomic mass is 9.63. The summed E-state index contributed by atoms with van der Waals surface area (Å²) in [6.45, 7) is 19.1. The van der Waals surface area contributed by atoms with Gasteiger partial charge in [-0.3, -0.25) is 0 Å². The Kier molecular flexibility index (Phi) is 9.77. The quantitative estimate of drug-likeness (QED) is 0.129. The van der Waals surface area contributed by atoms with Crippen molar-refractivity contribution in [1.29, 1.82) is 0 Å². The van der Waals surface area contributed by atoms with Crippen molar-refractivity contribution in [3.8, 4) is 0 Å². The summed E-state index contributed by atoms with van der Waals surface area (Å²) >= 11 is 0. The summed E-state index contributed by atoms with van der Waals surface area (Å²) < 4.78 is 7.19. The molecule has 0 radical (unpaired) electrons. The number of carbonyl (C=O) groups excluding carboxylic acids is 1.